The zero-order chi connectivity index (χ0) is 11.3. The molecule has 0 unspecified atom stereocenters. The van der Waals surface area contributed by atoms with Crippen molar-refractivity contribution < 1.29 is 10.0 Å². The van der Waals surface area contributed by atoms with Crippen molar-refractivity contribution in [3.63, 3.8) is 0 Å². The summed E-state index contributed by atoms with van der Waals surface area (Å²) in [4.78, 5) is 0. The van der Waals surface area contributed by atoms with Crippen LogP contribution in [0.5, 0.6) is 0 Å². The predicted molar refractivity (Wildman–Crippen MR) is 64.0 cm³/mol. The summed E-state index contributed by atoms with van der Waals surface area (Å²) >= 11 is 0. The zero-order valence-corrected chi connectivity index (χ0v) is 9.48. The van der Waals surface area contributed by atoms with E-state index in [0.29, 0.717) is 5.46 Å². The van der Waals surface area contributed by atoms with Crippen LogP contribution in [0.3, 0.4) is 0 Å². The van der Waals surface area contributed by atoms with E-state index in [2.05, 4.69) is 13.8 Å². The van der Waals surface area contributed by atoms with Crippen LogP contribution in [0, 0.1) is 5.92 Å². The summed E-state index contributed by atoms with van der Waals surface area (Å²) in [7, 11) is -1.35. The van der Waals surface area contributed by atoms with E-state index >= 15 is 0 Å². The van der Waals surface area contributed by atoms with Crippen molar-refractivity contribution in [1.82, 2.24) is 0 Å². The van der Waals surface area contributed by atoms with Crippen LogP contribution in [0.25, 0.3) is 0 Å². The topological polar surface area (TPSA) is 40.5 Å². The monoisotopic (exact) mass is 206 g/mol. The molecule has 0 atom stereocenters. The Morgan fingerprint density at radius 1 is 1.13 bits per heavy atom. The third kappa shape index (κ3) is 4.49. The van der Waals surface area contributed by atoms with Gasteiger partial charge in [0.1, 0.15) is 0 Å². The maximum atomic E-state index is 8.92. The van der Waals surface area contributed by atoms with Crippen LogP contribution in [-0.2, 0) is 6.42 Å². The van der Waals surface area contributed by atoms with Crippen LogP contribution in [0.2, 0.25) is 0 Å². The first-order valence-electron chi connectivity index (χ1n) is 5.54. The molecule has 2 nitrogen and oxygen atoms in total. The maximum Gasteiger partial charge on any atom is 0.488 e. The lowest BCUT2D eigenvalue weighted by Gasteiger charge is -2.05. The average molecular weight is 206 g/mol. The molecule has 0 aliphatic heterocycles. The first-order valence-corrected chi connectivity index (χ1v) is 5.54. The maximum absolute atomic E-state index is 8.92. The fourth-order valence-corrected chi connectivity index (χ4v) is 1.57. The highest BCUT2D eigenvalue weighted by Gasteiger charge is 2.09. The molecule has 0 heterocycles. The molecule has 0 radical (unpaired) electrons. The van der Waals surface area contributed by atoms with E-state index in [0.717, 1.165) is 12.3 Å². The minimum absolute atomic E-state index is 0.558. The quantitative estimate of drug-likeness (QED) is 0.714. The first-order chi connectivity index (χ1) is 7.09. The first kappa shape index (κ1) is 12.3. The van der Waals surface area contributed by atoms with Gasteiger partial charge in [-0.05, 0) is 29.8 Å². The van der Waals surface area contributed by atoms with Crippen molar-refractivity contribution in [2.24, 2.45) is 5.92 Å². The highest BCUT2D eigenvalue weighted by Crippen LogP contribution is 2.08. The molecule has 0 aliphatic carbocycles. The number of aryl methyl sites for hydroxylation is 1. The van der Waals surface area contributed by atoms with Gasteiger partial charge in [-0.2, -0.15) is 0 Å². The number of hydrogen-bond acceptors (Lipinski definition) is 2. The van der Waals surface area contributed by atoms with Gasteiger partial charge in [-0.1, -0.05) is 44.5 Å². The Bertz CT molecular complexity index is 280. The summed E-state index contributed by atoms with van der Waals surface area (Å²) in [6, 6.07) is 7.48. The standard InChI is InChI=1S/C12H19BO2/c1-10(2)4-3-5-11-6-8-12(9-7-11)13(14)15/h6-10,14-15H,3-5H2,1-2H3. The Morgan fingerprint density at radius 2 is 1.73 bits per heavy atom. The molecule has 15 heavy (non-hydrogen) atoms. The van der Waals surface area contributed by atoms with Crippen molar-refractivity contribution in [1.29, 1.82) is 0 Å². The molecule has 82 valence electrons. The van der Waals surface area contributed by atoms with E-state index in [1.54, 1.807) is 12.1 Å². The fourth-order valence-electron chi connectivity index (χ4n) is 1.57. The van der Waals surface area contributed by atoms with Gasteiger partial charge in [0.05, 0.1) is 0 Å². The summed E-state index contributed by atoms with van der Waals surface area (Å²) in [5.41, 5.74) is 1.82. The van der Waals surface area contributed by atoms with E-state index in [9.17, 15) is 0 Å². The molecular formula is C12H19BO2. The van der Waals surface area contributed by atoms with Crippen LogP contribution in [-0.4, -0.2) is 17.2 Å². The molecule has 0 amide bonds. The van der Waals surface area contributed by atoms with E-state index in [-0.39, 0.29) is 0 Å². The lowest BCUT2D eigenvalue weighted by molar-refractivity contribution is 0.426. The van der Waals surface area contributed by atoms with Gasteiger partial charge in [-0.25, -0.2) is 0 Å². The summed E-state index contributed by atoms with van der Waals surface area (Å²) in [6.45, 7) is 4.45. The zero-order valence-electron chi connectivity index (χ0n) is 9.48. The smallest absolute Gasteiger partial charge is 0.423 e. The Labute approximate surface area is 92.1 Å². The Balaban J connectivity index is 2.43. The second-order valence-corrected chi connectivity index (χ2v) is 4.40. The molecule has 1 aromatic rings. The minimum Gasteiger partial charge on any atom is -0.423 e. The molecule has 0 bridgehead atoms. The largest absolute Gasteiger partial charge is 0.488 e. The normalized spacial score (nSPS) is 10.7. The Morgan fingerprint density at radius 3 is 2.20 bits per heavy atom. The summed E-state index contributed by atoms with van der Waals surface area (Å²) in [5, 5.41) is 17.8. The van der Waals surface area contributed by atoms with Crippen molar-refractivity contribution in [2.75, 3.05) is 0 Å². The third-order valence-electron chi connectivity index (χ3n) is 2.52. The van der Waals surface area contributed by atoms with Crippen LogP contribution in [0.1, 0.15) is 32.3 Å². The molecule has 0 aliphatic rings. The molecule has 0 saturated carbocycles. The van der Waals surface area contributed by atoms with Crippen molar-refractivity contribution >= 4 is 12.6 Å². The van der Waals surface area contributed by atoms with E-state index < -0.39 is 7.12 Å². The number of hydrogen-bond donors (Lipinski definition) is 2. The Kier molecular flexibility index (Phi) is 4.86. The van der Waals surface area contributed by atoms with Gasteiger partial charge in [0.15, 0.2) is 0 Å². The van der Waals surface area contributed by atoms with E-state index in [4.69, 9.17) is 10.0 Å². The molecule has 0 spiro atoms. The van der Waals surface area contributed by atoms with Gasteiger partial charge in [0.2, 0.25) is 0 Å². The lowest BCUT2D eigenvalue weighted by Crippen LogP contribution is -2.29. The van der Waals surface area contributed by atoms with Crippen molar-refractivity contribution in [3.8, 4) is 0 Å². The summed E-state index contributed by atoms with van der Waals surface area (Å²) < 4.78 is 0. The van der Waals surface area contributed by atoms with Gasteiger partial charge in [0.25, 0.3) is 0 Å². The number of rotatable bonds is 5. The molecule has 0 aromatic heterocycles. The molecule has 1 aromatic carbocycles. The Hall–Kier alpha value is -0.795. The molecular weight excluding hydrogens is 187 g/mol. The molecule has 3 heteroatoms. The predicted octanol–water partition coefficient (Wildman–Crippen LogP) is 1.35. The van der Waals surface area contributed by atoms with Gasteiger partial charge < -0.3 is 10.0 Å². The van der Waals surface area contributed by atoms with Gasteiger partial charge in [-0.3, -0.25) is 0 Å². The van der Waals surface area contributed by atoms with Crippen LogP contribution in [0.15, 0.2) is 24.3 Å². The van der Waals surface area contributed by atoms with E-state index in [1.165, 1.54) is 18.4 Å². The molecule has 2 N–H and O–H groups in total. The van der Waals surface area contributed by atoms with Crippen molar-refractivity contribution in [3.05, 3.63) is 29.8 Å². The summed E-state index contributed by atoms with van der Waals surface area (Å²) in [6.07, 6.45) is 3.50. The van der Waals surface area contributed by atoms with Crippen molar-refractivity contribution in [2.45, 2.75) is 33.1 Å². The molecule has 1 rings (SSSR count). The SMILES string of the molecule is CC(C)CCCc1ccc(B(O)O)cc1. The van der Waals surface area contributed by atoms with Crippen LogP contribution < -0.4 is 5.46 Å². The number of benzene rings is 1. The van der Waals surface area contributed by atoms with E-state index in [1.807, 2.05) is 12.1 Å². The fraction of sp³-hybridized carbons (Fsp3) is 0.500. The highest BCUT2D eigenvalue weighted by atomic mass is 16.4. The summed E-state index contributed by atoms with van der Waals surface area (Å²) in [5.74, 6) is 0.753. The average Bonchev–Trinajstić information content (AvgIpc) is 2.18. The third-order valence-corrected chi connectivity index (χ3v) is 2.52. The minimum atomic E-state index is -1.35. The second kappa shape index (κ2) is 5.94. The van der Waals surface area contributed by atoms with Gasteiger partial charge in [-0.15, -0.1) is 0 Å². The molecule has 0 fully saturated rings. The highest BCUT2D eigenvalue weighted by molar-refractivity contribution is 6.58. The molecule has 0 saturated heterocycles. The van der Waals surface area contributed by atoms with Gasteiger partial charge in [0, 0.05) is 0 Å². The van der Waals surface area contributed by atoms with Gasteiger partial charge >= 0.3 is 7.12 Å². The van der Waals surface area contributed by atoms with Crippen LogP contribution in [0.4, 0.5) is 0 Å². The van der Waals surface area contributed by atoms with Crippen LogP contribution >= 0.6 is 0 Å². The second-order valence-electron chi connectivity index (χ2n) is 4.40. The lowest BCUT2D eigenvalue weighted by atomic mass is 9.80.